The van der Waals surface area contributed by atoms with Crippen molar-refractivity contribution in [3.05, 3.63) is 107 Å². The highest BCUT2D eigenvalue weighted by Gasteiger charge is 2.12. The Morgan fingerprint density at radius 2 is 1.81 bits per heavy atom. The topological polar surface area (TPSA) is 67.8 Å². The highest BCUT2D eigenvalue weighted by molar-refractivity contribution is 6.30. The van der Waals surface area contributed by atoms with Crippen molar-refractivity contribution in [1.82, 2.24) is 15.0 Å². The van der Waals surface area contributed by atoms with Crippen LogP contribution in [-0.4, -0.2) is 20.9 Å². The number of hydrogen-bond donors (Lipinski definition) is 1. The molecule has 0 unspecified atom stereocenters. The standard InChI is InChI=1S/C26H23ClN4O/c1-17-9-21(14-28-13-17)26(32)31-23-8-4-5-19(12-23)18(2)10-24-15-29-16-25(30-24)20-6-3-7-22(27)11-20/h3-9,11-16,18H,10H2,1-2H3,(H,31,32)/t18-/m1/s1. The molecule has 1 N–H and O–H groups in total. The van der Waals surface area contributed by atoms with E-state index in [1.807, 2.05) is 55.5 Å². The molecule has 6 heteroatoms. The number of amides is 1. The van der Waals surface area contributed by atoms with Gasteiger partial charge in [-0.2, -0.15) is 0 Å². The van der Waals surface area contributed by atoms with Gasteiger partial charge in [-0.15, -0.1) is 0 Å². The van der Waals surface area contributed by atoms with E-state index in [1.54, 1.807) is 24.8 Å². The number of anilines is 1. The molecule has 1 amide bonds. The summed E-state index contributed by atoms with van der Waals surface area (Å²) in [5, 5.41) is 3.63. The highest BCUT2D eigenvalue weighted by Crippen LogP contribution is 2.25. The number of rotatable bonds is 6. The van der Waals surface area contributed by atoms with Crippen molar-refractivity contribution in [2.75, 3.05) is 5.32 Å². The summed E-state index contributed by atoms with van der Waals surface area (Å²) in [5.41, 5.74) is 5.98. The van der Waals surface area contributed by atoms with Crippen molar-refractivity contribution in [2.24, 2.45) is 0 Å². The second-order valence-electron chi connectivity index (χ2n) is 7.84. The van der Waals surface area contributed by atoms with Crippen LogP contribution in [-0.2, 0) is 6.42 Å². The minimum absolute atomic E-state index is 0.175. The van der Waals surface area contributed by atoms with Gasteiger partial charge in [-0.3, -0.25) is 14.8 Å². The van der Waals surface area contributed by atoms with Gasteiger partial charge in [-0.25, -0.2) is 4.98 Å². The first kappa shape index (κ1) is 21.7. The fourth-order valence-electron chi connectivity index (χ4n) is 3.53. The van der Waals surface area contributed by atoms with E-state index in [1.165, 1.54) is 0 Å². The lowest BCUT2D eigenvalue weighted by Crippen LogP contribution is -2.12. The van der Waals surface area contributed by atoms with Crippen molar-refractivity contribution in [2.45, 2.75) is 26.2 Å². The van der Waals surface area contributed by atoms with Gasteiger partial charge in [-0.05, 0) is 60.7 Å². The Morgan fingerprint density at radius 3 is 2.62 bits per heavy atom. The van der Waals surface area contributed by atoms with Crippen LogP contribution in [0.15, 0.2) is 79.4 Å². The minimum atomic E-state index is -0.175. The molecule has 0 aliphatic rings. The maximum absolute atomic E-state index is 12.6. The van der Waals surface area contributed by atoms with Crippen LogP contribution in [0.25, 0.3) is 11.3 Å². The Kier molecular flexibility index (Phi) is 6.57. The smallest absolute Gasteiger partial charge is 0.257 e. The molecule has 0 spiro atoms. The lowest BCUT2D eigenvalue weighted by molar-refractivity contribution is 0.102. The number of pyridine rings is 1. The molecule has 4 aromatic rings. The average Bonchev–Trinajstić information content (AvgIpc) is 2.79. The Balaban J connectivity index is 1.48. The molecule has 2 aromatic carbocycles. The summed E-state index contributed by atoms with van der Waals surface area (Å²) in [4.78, 5) is 25.8. The van der Waals surface area contributed by atoms with Crippen LogP contribution in [0, 0.1) is 6.92 Å². The summed E-state index contributed by atoms with van der Waals surface area (Å²) in [6, 6.07) is 17.3. The van der Waals surface area contributed by atoms with E-state index in [2.05, 4.69) is 28.3 Å². The van der Waals surface area contributed by atoms with Gasteiger partial charge >= 0.3 is 0 Å². The number of hydrogen-bond acceptors (Lipinski definition) is 4. The number of nitrogens with one attached hydrogen (secondary N) is 1. The van der Waals surface area contributed by atoms with Crippen molar-refractivity contribution >= 4 is 23.2 Å². The highest BCUT2D eigenvalue weighted by atomic mass is 35.5. The molecule has 32 heavy (non-hydrogen) atoms. The van der Waals surface area contributed by atoms with E-state index >= 15 is 0 Å². The number of halogens is 1. The van der Waals surface area contributed by atoms with Crippen molar-refractivity contribution in [1.29, 1.82) is 0 Å². The molecule has 0 saturated carbocycles. The van der Waals surface area contributed by atoms with Gasteiger partial charge in [0, 0.05) is 34.9 Å². The van der Waals surface area contributed by atoms with Crippen LogP contribution in [0.1, 0.15) is 40.0 Å². The molecule has 0 aliphatic carbocycles. The lowest BCUT2D eigenvalue weighted by atomic mass is 9.96. The van der Waals surface area contributed by atoms with Crippen molar-refractivity contribution in [3.8, 4) is 11.3 Å². The molecule has 1 atom stereocenters. The first-order valence-electron chi connectivity index (χ1n) is 10.4. The summed E-state index contributed by atoms with van der Waals surface area (Å²) < 4.78 is 0. The molecule has 0 bridgehead atoms. The van der Waals surface area contributed by atoms with Gasteiger partial charge in [-0.1, -0.05) is 42.8 Å². The molecule has 2 aromatic heterocycles. The van der Waals surface area contributed by atoms with Gasteiger partial charge in [0.1, 0.15) is 0 Å². The van der Waals surface area contributed by atoms with Crippen LogP contribution in [0.5, 0.6) is 0 Å². The van der Waals surface area contributed by atoms with E-state index in [0.717, 1.165) is 40.2 Å². The van der Waals surface area contributed by atoms with Gasteiger partial charge in [0.05, 0.1) is 23.1 Å². The second-order valence-corrected chi connectivity index (χ2v) is 8.28. The number of benzene rings is 2. The van der Waals surface area contributed by atoms with Crippen LogP contribution in [0.2, 0.25) is 5.02 Å². The minimum Gasteiger partial charge on any atom is -0.322 e. The van der Waals surface area contributed by atoms with E-state index in [9.17, 15) is 4.79 Å². The quantitative estimate of drug-likeness (QED) is 0.391. The summed E-state index contributed by atoms with van der Waals surface area (Å²) >= 11 is 6.11. The number of nitrogens with zero attached hydrogens (tertiary/aromatic N) is 3. The van der Waals surface area contributed by atoms with Gasteiger partial charge in [0.25, 0.3) is 5.91 Å². The molecule has 0 saturated heterocycles. The molecule has 160 valence electrons. The molecule has 0 radical (unpaired) electrons. The SMILES string of the molecule is Cc1cncc(C(=O)Nc2cccc([C@H](C)Cc3cncc(-c4cccc(Cl)c4)n3)c2)c1. The van der Waals surface area contributed by atoms with Gasteiger partial charge in [0.15, 0.2) is 0 Å². The zero-order valence-corrected chi connectivity index (χ0v) is 18.7. The molecule has 0 aliphatic heterocycles. The Labute approximate surface area is 192 Å². The largest absolute Gasteiger partial charge is 0.322 e. The first-order chi connectivity index (χ1) is 15.5. The van der Waals surface area contributed by atoms with Crippen LogP contribution >= 0.6 is 11.6 Å². The summed E-state index contributed by atoms with van der Waals surface area (Å²) in [6.45, 7) is 4.05. The van der Waals surface area contributed by atoms with Crippen LogP contribution < -0.4 is 5.32 Å². The Bertz CT molecular complexity index is 1260. The van der Waals surface area contributed by atoms with E-state index < -0.39 is 0 Å². The van der Waals surface area contributed by atoms with Crippen LogP contribution in [0.3, 0.4) is 0 Å². The van der Waals surface area contributed by atoms with E-state index in [-0.39, 0.29) is 11.8 Å². The predicted molar refractivity (Wildman–Crippen MR) is 128 cm³/mol. The third-order valence-corrected chi connectivity index (χ3v) is 5.41. The maximum atomic E-state index is 12.6. The van der Waals surface area contributed by atoms with Crippen LogP contribution in [0.4, 0.5) is 5.69 Å². The van der Waals surface area contributed by atoms with Gasteiger partial charge in [0.2, 0.25) is 0 Å². The molecular weight excluding hydrogens is 420 g/mol. The Hall–Kier alpha value is -3.57. The average molecular weight is 443 g/mol. The van der Waals surface area contributed by atoms with Crippen molar-refractivity contribution in [3.63, 3.8) is 0 Å². The molecule has 0 fully saturated rings. The zero-order valence-electron chi connectivity index (χ0n) is 17.9. The summed E-state index contributed by atoms with van der Waals surface area (Å²) in [7, 11) is 0. The number of carbonyl (C=O) groups is 1. The normalized spacial score (nSPS) is 11.7. The second kappa shape index (κ2) is 9.71. The third kappa shape index (κ3) is 5.37. The third-order valence-electron chi connectivity index (χ3n) is 5.17. The fourth-order valence-corrected chi connectivity index (χ4v) is 3.72. The molecule has 5 nitrogen and oxygen atoms in total. The predicted octanol–water partition coefficient (Wildman–Crippen LogP) is 6.10. The van der Waals surface area contributed by atoms with E-state index in [4.69, 9.17) is 16.6 Å². The lowest BCUT2D eigenvalue weighted by Gasteiger charge is -2.14. The molecular formula is C26H23ClN4O. The molecule has 4 rings (SSSR count). The van der Waals surface area contributed by atoms with E-state index in [0.29, 0.717) is 10.6 Å². The first-order valence-corrected chi connectivity index (χ1v) is 10.8. The zero-order chi connectivity index (χ0) is 22.5. The number of carbonyl (C=O) groups excluding carboxylic acids is 1. The maximum Gasteiger partial charge on any atom is 0.257 e. The Morgan fingerprint density at radius 1 is 1.00 bits per heavy atom. The summed E-state index contributed by atoms with van der Waals surface area (Å²) in [5.74, 6) is 0.0162. The van der Waals surface area contributed by atoms with Crippen molar-refractivity contribution < 1.29 is 4.79 Å². The summed E-state index contributed by atoms with van der Waals surface area (Å²) in [6.07, 6.45) is 7.56. The fraction of sp³-hybridized carbons (Fsp3) is 0.154. The van der Waals surface area contributed by atoms with Gasteiger partial charge < -0.3 is 5.32 Å². The molecule has 2 heterocycles. The number of aryl methyl sites for hydroxylation is 1. The monoisotopic (exact) mass is 442 g/mol. The number of aromatic nitrogens is 3.